The van der Waals surface area contributed by atoms with Gasteiger partial charge in [-0.25, -0.2) is 0 Å². The standard InChI is InChI=1S/2C13H9.2CH3.2ClH.Si.Zr/c2*1-2-5-11-9-13-7-3-6-12(13)8-10(11)4-1;;;;;;/h2*1-5,8-9H,6H2;2*1H3;2*1H;;/q4*-1;;;;. The Labute approximate surface area is 222 Å². The first-order valence-corrected chi connectivity index (χ1v) is 13.5. The van der Waals surface area contributed by atoms with Crippen LogP contribution in [0.25, 0.3) is 21.5 Å². The van der Waals surface area contributed by atoms with Crippen LogP contribution in [0.2, 0.25) is 0 Å². The van der Waals surface area contributed by atoms with E-state index in [9.17, 15) is 0 Å². The van der Waals surface area contributed by atoms with Crippen molar-refractivity contribution in [3.8, 4) is 0 Å². The van der Waals surface area contributed by atoms with Crippen molar-refractivity contribution >= 4 is 53.2 Å². The van der Waals surface area contributed by atoms with Crippen molar-refractivity contribution in [3.05, 3.63) is 134 Å². The van der Waals surface area contributed by atoms with Crippen molar-refractivity contribution in [1.29, 1.82) is 0 Å². The van der Waals surface area contributed by atoms with E-state index in [0.29, 0.717) is 0 Å². The van der Waals surface area contributed by atoms with E-state index in [1.807, 2.05) is 0 Å². The minimum absolute atomic E-state index is 0. The summed E-state index contributed by atoms with van der Waals surface area (Å²) < 4.78 is 0. The zero-order valence-corrected chi connectivity index (χ0v) is 23.4. The molecule has 4 aromatic carbocycles. The van der Waals surface area contributed by atoms with Gasteiger partial charge in [0.25, 0.3) is 0 Å². The average Bonchev–Trinajstić information content (AvgIpc) is 3.40. The molecule has 4 aromatic rings. The Morgan fingerprint density at radius 3 is 1.22 bits per heavy atom. The predicted molar refractivity (Wildman–Crippen MR) is 142 cm³/mol. The molecule has 0 fully saturated rings. The van der Waals surface area contributed by atoms with Gasteiger partial charge in [0.1, 0.15) is 0 Å². The van der Waals surface area contributed by atoms with Gasteiger partial charge in [-0.2, -0.15) is 47.6 Å². The third kappa shape index (κ3) is 6.78. The number of allylic oxidation sites excluding steroid dienone is 2. The molecule has 0 heterocycles. The Morgan fingerprint density at radius 2 is 0.875 bits per heavy atom. The van der Waals surface area contributed by atoms with Crippen molar-refractivity contribution in [3.63, 3.8) is 0 Å². The Balaban J connectivity index is 0.000000500. The Bertz CT molecular complexity index is 1120. The molecular weight excluding hydrogens is 527 g/mol. The first-order chi connectivity index (χ1) is 13.9. The molecule has 2 radical (unpaired) electrons. The van der Waals surface area contributed by atoms with E-state index in [4.69, 9.17) is 0 Å². The number of rotatable bonds is 0. The summed E-state index contributed by atoms with van der Waals surface area (Å²) in [7, 11) is 0. The van der Waals surface area contributed by atoms with Crippen LogP contribution in [0.4, 0.5) is 0 Å². The second-order valence-corrected chi connectivity index (χ2v) is 6.82. The van der Waals surface area contributed by atoms with Crippen LogP contribution in [-0.4, -0.2) is 6.88 Å². The first-order valence-electron chi connectivity index (χ1n) is 9.32. The van der Waals surface area contributed by atoms with Crippen molar-refractivity contribution in [2.24, 2.45) is 0 Å². The Kier molecular flexibility index (Phi) is 14.0. The zero-order valence-electron chi connectivity index (χ0n) is 18.3. The fourth-order valence-corrected chi connectivity index (χ4v) is 3.72. The zero-order chi connectivity index (χ0) is 19.3. The maximum absolute atomic E-state index is 3.27. The fourth-order valence-electron chi connectivity index (χ4n) is 3.72. The molecular formula is C28H26Cl2SiZr-4. The molecule has 164 valence electrons. The number of halogens is 2. The molecule has 0 amide bonds. The molecule has 0 spiro atoms. The molecule has 32 heavy (non-hydrogen) atoms. The molecule has 0 nitrogen and oxygen atoms in total. The van der Waals surface area contributed by atoms with Crippen molar-refractivity contribution in [1.82, 2.24) is 0 Å². The molecule has 2 aliphatic carbocycles. The van der Waals surface area contributed by atoms with Crippen LogP contribution < -0.4 is 0 Å². The third-order valence-electron chi connectivity index (χ3n) is 5.10. The molecule has 0 saturated heterocycles. The molecule has 4 heteroatoms. The second-order valence-electron chi connectivity index (χ2n) is 6.82. The van der Waals surface area contributed by atoms with Gasteiger partial charge >= 0.3 is 30.2 Å². The third-order valence-corrected chi connectivity index (χ3v) is 5.10. The van der Waals surface area contributed by atoms with Gasteiger partial charge in [-0.1, -0.05) is 72.1 Å². The topological polar surface area (TPSA) is 0 Å². The van der Waals surface area contributed by atoms with Crippen molar-refractivity contribution in [2.75, 3.05) is 0 Å². The number of fused-ring (bicyclic) bond motifs is 4. The summed E-state index contributed by atoms with van der Waals surface area (Å²) in [6.45, 7) is 3.06. The molecule has 0 bridgehead atoms. The van der Waals surface area contributed by atoms with E-state index >= 15 is 0 Å². The quantitative estimate of drug-likeness (QED) is 0.156. The molecule has 0 aromatic heterocycles. The van der Waals surface area contributed by atoms with E-state index in [1.54, 1.807) is 0 Å². The van der Waals surface area contributed by atoms with Crippen LogP contribution in [0.1, 0.15) is 22.3 Å². The van der Waals surface area contributed by atoms with Gasteiger partial charge in [0, 0.05) is 0 Å². The molecule has 0 N–H and O–H groups in total. The molecule has 0 atom stereocenters. The Hall–Kier alpha value is -1.44. The number of hydrogen-bond acceptors (Lipinski definition) is 0. The summed E-state index contributed by atoms with van der Waals surface area (Å²) >= 11 is 1.36. The molecule has 2 aliphatic rings. The summed E-state index contributed by atoms with van der Waals surface area (Å²) in [6, 6.07) is 25.9. The van der Waals surface area contributed by atoms with E-state index in [0.717, 1.165) is 12.8 Å². The monoisotopic (exact) mass is 550 g/mol. The van der Waals surface area contributed by atoms with Gasteiger partial charge in [0.2, 0.25) is 0 Å². The van der Waals surface area contributed by atoms with Crippen LogP contribution in [0.5, 0.6) is 0 Å². The predicted octanol–water partition coefficient (Wildman–Crippen LogP) is 7.57. The van der Waals surface area contributed by atoms with E-state index in [1.165, 1.54) is 67.1 Å². The van der Waals surface area contributed by atoms with Crippen molar-refractivity contribution < 1.29 is 23.3 Å². The molecule has 0 unspecified atom stereocenters. The van der Waals surface area contributed by atoms with Gasteiger partial charge in [-0.05, 0) is 10.8 Å². The van der Waals surface area contributed by atoms with E-state index in [-0.39, 0.29) is 39.7 Å². The second kappa shape index (κ2) is 14.7. The van der Waals surface area contributed by atoms with E-state index < -0.39 is 0 Å². The summed E-state index contributed by atoms with van der Waals surface area (Å²) in [5.74, 6) is 0. The molecule has 0 aliphatic heterocycles. The SMILES string of the molecule is Cl.Cl.[C-]1=CCc2cc3ccccc3cc21.[C-]1=CCc2cc3ccccc3cc21.[CH3-].[CH3-].[Si]=[Zr]. The van der Waals surface area contributed by atoms with E-state index in [2.05, 4.69) is 104 Å². The first kappa shape index (κ1) is 30.6. The summed E-state index contributed by atoms with van der Waals surface area (Å²) in [4.78, 5) is 0. The fraction of sp³-hybridized carbons (Fsp3) is 0.0714. The van der Waals surface area contributed by atoms with Gasteiger partial charge < -0.3 is 14.9 Å². The normalized spacial score (nSPS) is 11.1. The van der Waals surface area contributed by atoms with Crippen molar-refractivity contribution in [2.45, 2.75) is 12.8 Å². The van der Waals surface area contributed by atoms with Crippen LogP contribution in [-0.2, 0) is 36.2 Å². The minimum atomic E-state index is 0. The average molecular weight is 553 g/mol. The Morgan fingerprint density at radius 1 is 0.562 bits per heavy atom. The summed E-state index contributed by atoms with van der Waals surface area (Å²) in [5, 5.41) is 5.28. The van der Waals surface area contributed by atoms with Gasteiger partial charge in [0.15, 0.2) is 0 Å². The maximum atomic E-state index is 3.27. The molecule has 0 saturated carbocycles. The van der Waals surface area contributed by atoms with Crippen LogP contribution in [0.15, 0.2) is 84.9 Å². The van der Waals surface area contributed by atoms with Crippen LogP contribution in [0.3, 0.4) is 0 Å². The summed E-state index contributed by atoms with van der Waals surface area (Å²) in [5.41, 5.74) is 5.33. The van der Waals surface area contributed by atoms with Crippen LogP contribution >= 0.6 is 24.8 Å². The van der Waals surface area contributed by atoms with Gasteiger partial charge in [-0.3, -0.25) is 0 Å². The number of benzene rings is 4. The molecule has 6 rings (SSSR count). The van der Waals surface area contributed by atoms with Crippen LogP contribution in [0, 0.1) is 27.0 Å². The van der Waals surface area contributed by atoms with Gasteiger partial charge in [-0.15, -0.1) is 48.1 Å². The summed E-state index contributed by atoms with van der Waals surface area (Å²) in [6.07, 6.45) is 12.8. The van der Waals surface area contributed by atoms with Gasteiger partial charge in [0.05, 0.1) is 0 Å². The number of hydrogen-bond donors (Lipinski definition) is 0.